The highest BCUT2D eigenvalue weighted by Gasteiger charge is 2.08. The number of aromatic nitrogens is 2. The number of aryl methyl sites for hydroxylation is 1. The number of aromatic amines is 1. The number of oxazole rings is 1. The molecule has 120 valence electrons. The van der Waals surface area contributed by atoms with Crippen LogP contribution < -0.4 is 9.61 Å². The lowest BCUT2D eigenvalue weighted by molar-refractivity contribution is 0.320. The Balaban J connectivity index is 1.55. The van der Waals surface area contributed by atoms with Crippen molar-refractivity contribution < 1.29 is 14.3 Å². The molecule has 0 spiro atoms. The van der Waals surface area contributed by atoms with E-state index in [9.17, 15) is 9.90 Å². The number of hydrogen-bond donors (Lipinski definition) is 2. The third-order valence-electron chi connectivity index (χ3n) is 3.44. The number of nitrogens with zero attached hydrogens (tertiary/aromatic N) is 1. The van der Waals surface area contributed by atoms with Gasteiger partial charge in [-0.3, -0.25) is 9.78 Å². The van der Waals surface area contributed by atoms with E-state index in [0.717, 1.165) is 34.1 Å². The van der Waals surface area contributed by atoms with E-state index < -0.39 is 0 Å². The topological polar surface area (TPSA) is 88.4 Å². The minimum absolute atomic E-state index is 0.0525. The minimum Gasteiger partial charge on any atom is -0.494 e. The number of thiazole rings is 1. The quantitative estimate of drug-likeness (QED) is 0.724. The van der Waals surface area contributed by atoms with Crippen LogP contribution in [0.4, 0.5) is 0 Å². The zero-order chi connectivity index (χ0) is 16.2. The van der Waals surface area contributed by atoms with Crippen LogP contribution in [0.3, 0.4) is 0 Å². The van der Waals surface area contributed by atoms with Gasteiger partial charge in [-0.05, 0) is 24.6 Å². The number of rotatable bonds is 6. The van der Waals surface area contributed by atoms with Crippen molar-refractivity contribution in [1.29, 1.82) is 0 Å². The van der Waals surface area contributed by atoms with E-state index in [4.69, 9.17) is 9.15 Å². The monoisotopic (exact) mass is 332 g/mol. The second-order valence-corrected chi connectivity index (χ2v) is 6.13. The summed E-state index contributed by atoms with van der Waals surface area (Å²) in [6.07, 6.45) is 2.63. The van der Waals surface area contributed by atoms with Gasteiger partial charge in [0, 0.05) is 12.8 Å². The summed E-state index contributed by atoms with van der Waals surface area (Å²) in [5.41, 5.74) is 1.90. The van der Waals surface area contributed by atoms with Crippen LogP contribution in [-0.2, 0) is 12.8 Å². The second kappa shape index (κ2) is 6.70. The lowest BCUT2D eigenvalue weighted by atomic mass is 10.1. The Morgan fingerprint density at radius 3 is 2.74 bits per heavy atom. The van der Waals surface area contributed by atoms with Crippen molar-refractivity contribution in [3.8, 4) is 11.6 Å². The van der Waals surface area contributed by atoms with E-state index >= 15 is 0 Å². The highest BCUT2D eigenvalue weighted by atomic mass is 32.1. The van der Waals surface area contributed by atoms with Gasteiger partial charge in [-0.25, -0.2) is 4.98 Å². The molecule has 0 bridgehead atoms. The van der Waals surface area contributed by atoms with Crippen molar-refractivity contribution in [1.82, 2.24) is 9.97 Å². The maximum absolute atomic E-state index is 11.2. The number of aromatic hydroxyl groups is 1. The van der Waals surface area contributed by atoms with Crippen LogP contribution in [0.25, 0.3) is 0 Å². The first-order valence-electron chi connectivity index (χ1n) is 7.13. The van der Waals surface area contributed by atoms with Gasteiger partial charge in [0.15, 0.2) is 6.39 Å². The Kier molecular flexibility index (Phi) is 4.47. The minimum atomic E-state index is -0.249. The molecule has 0 aliphatic rings. The summed E-state index contributed by atoms with van der Waals surface area (Å²) >= 11 is 1.02. The van der Waals surface area contributed by atoms with Crippen LogP contribution in [0, 0.1) is 6.92 Å². The summed E-state index contributed by atoms with van der Waals surface area (Å²) in [5.74, 6) is 1.53. The van der Waals surface area contributed by atoms with Gasteiger partial charge in [0.25, 0.3) is 0 Å². The van der Waals surface area contributed by atoms with Crippen LogP contribution in [0.1, 0.15) is 21.9 Å². The van der Waals surface area contributed by atoms with Crippen molar-refractivity contribution in [2.75, 3.05) is 6.61 Å². The molecule has 23 heavy (non-hydrogen) atoms. The average Bonchev–Trinajstić information content (AvgIpc) is 3.07. The largest absolute Gasteiger partial charge is 0.494 e. The molecule has 1 aromatic carbocycles. The molecule has 3 aromatic rings. The predicted octanol–water partition coefficient (Wildman–Crippen LogP) is 2.65. The summed E-state index contributed by atoms with van der Waals surface area (Å²) in [4.78, 5) is 18.0. The number of ether oxygens (including phenoxy) is 1. The number of H-pyrrole nitrogens is 1. The molecule has 0 aliphatic carbocycles. The van der Waals surface area contributed by atoms with E-state index in [1.54, 1.807) is 0 Å². The summed E-state index contributed by atoms with van der Waals surface area (Å²) in [5, 5.41) is 9.59. The molecule has 2 heterocycles. The molecule has 0 amide bonds. The molecule has 2 N–H and O–H groups in total. The third-order valence-corrected chi connectivity index (χ3v) is 4.31. The van der Waals surface area contributed by atoms with Crippen LogP contribution >= 0.6 is 11.3 Å². The summed E-state index contributed by atoms with van der Waals surface area (Å²) in [6.45, 7) is 2.40. The highest BCUT2D eigenvalue weighted by Crippen LogP contribution is 2.21. The zero-order valence-electron chi connectivity index (χ0n) is 12.5. The molecule has 0 aliphatic heterocycles. The molecular weight excluding hydrogens is 316 g/mol. The fourth-order valence-corrected chi connectivity index (χ4v) is 2.95. The van der Waals surface area contributed by atoms with Gasteiger partial charge in [0.2, 0.25) is 5.88 Å². The molecule has 6 nitrogen and oxygen atoms in total. The lowest BCUT2D eigenvalue weighted by Gasteiger charge is -2.06. The first-order valence-corrected chi connectivity index (χ1v) is 7.95. The summed E-state index contributed by atoms with van der Waals surface area (Å²) in [7, 11) is 0. The van der Waals surface area contributed by atoms with Gasteiger partial charge in [-0.15, -0.1) is 0 Å². The Morgan fingerprint density at radius 1 is 1.35 bits per heavy atom. The Bertz CT molecular complexity index is 832. The van der Waals surface area contributed by atoms with Gasteiger partial charge >= 0.3 is 4.87 Å². The smallest absolute Gasteiger partial charge is 0.307 e. The standard InChI is InChI=1S/C16H16N2O4S/c1-10-13(17-9-22-10)6-7-21-12-4-2-11(3-5-12)8-14-15(19)18-16(20)23-14/h2-5,9,19H,6-8H2,1H3,(H,18,20). The number of hydrogen-bond acceptors (Lipinski definition) is 6. The Morgan fingerprint density at radius 2 is 2.13 bits per heavy atom. The van der Waals surface area contributed by atoms with E-state index in [2.05, 4.69) is 9.97 Å². The van der Waals surface area contributed by atoms with Crippen molar-refractivity contribution >= 4 is 11.3 Å². The third kappa shape index (κ3) is 3.81. The number of nitrogens with one attached hydrogen (secondary N) is 1. The maximum atomic E-state index is 11.2. The van der Waals surface area contributed by atoms with E-state index in [-0.39, 0.29) is 10.8 Å². The molecule has 0 saturated heterocycles. The second-order valence-electron chi connectivity index (χ2n) is 5.06. The van der Waals surface area contributed by atoms with Gasteiger partial charge < -0.3 is 14.3 Å². The molecule has 2 aromatic heterocycles. The van der Waals surface area contributed by atoms with Gasteiger partial charge in [-0.2, -0.15) is 0 Å². The van der Waals surface area contributed by atoms with Gasteiger partial charge in [-0.1, -0.05) is 23.5 Å². The highest BCUT2D eigenvalue weighted by molar-refractivity contribution is 7.09. The molecule has 7 heteroatoms. The SMILES string of the molecule is Cc1ocnc1CCOc1ccc(Cc2sc(=O)[nH]c2O)cc1. The molecule has 3 rings (SSSR count). The maximum Gasteiger partial charge on any atom is 0.307 e. The predicted molar refractivity (Wildman–Crippen MR) is 86.3 cm³/mol. The lowest BCUT2D eigenvalue weighted by Crippen LogP contribution is -2.02. The molecule has 0 unspecified atom stereocenters. The molecular formula is C16H16N2O4S. The first-order chi connectivity index (χ1) is 11.1. The molecule has 0 fully saturated rings. The fraction of sp³-hybridized carbons (Fsp3) is 0.250. The van der Waals surface area contributed by atoms with Crippen LogP contribution in [0.2, 0.25) is 0 Å². The zero-order valence-corrected chi connectivity index (χ0v) is 13.4. The summed E-state index contributed by atoms with van der Waals surface area (Å²) < 4.78 is 10.8. The molecule has 0 radical (unpaired) electrons. The van der Waals surface area contributed by atoms with Crippen molar-refractivity contribution in [2.45, 2.75) is 19.8 Å². The normalized spacial score (nSPS) is 10.8. The van der Waals surface area contributed by atoms with Crippen LogP contribution in [0.5, 0.6) is 11.6 Å². The number of benzene rings is 1. The average molecular weight is 332 g/mol. The van der Waals surface area contributed by atoms with Crippen LogP contribution in [0.15, 0.2) is 39.9 Å². The molecule has 0 saturated carbocycles. The van der Waals surface area contributed by atoms with Gasteiger partial charge in [0.1, 0.15) is 11.5 Å². The fourth-order valence-electron chi connectivity index (χ4n) is 2.19. The summed E-state index contributed by atoms with van der Waals surface area (Å²) in [6, 6.07) is 7.58. The molecule has 0 atom stereocenters. The van der Waals surface area contributed by atoms with Crippen molar-refractivity contribution in [3.63, 3.8) is 0 Å². The van der Waals surface area contributed by atoms with E-state index in [0.29, 0.717) is 24.3 Å². The van der Waals surface area contributed by atoms with Crippen molar-refractivity contribution in [3.05, 3.63) is 62.2 Å². The Labute approximate surface area is 136 Å². The Hall–Kier alpha value is -2.54. The van der Waals surface area contributed by atoms with Crippen LogP contribution in [-0.4, -0.2) is 21.7 Å². The van der Waals surface area contributed by atoms with Crippen molar-refractivity contribution in [2.24, 2.45) is 0 Å². The van der Waals surface area contributed by atoms with E-state index in [1.807, 2.05) is 31.2 Å². The first kappa shape index (κ1) is 15.4. The van der Waals surface area contributed by atoms with Gasteiger partial charge in [0.05, 0.1) is 17.2 Å². The van der Waals surface area contributed by atoms with E-state index in [1.165, 1.54) is 6.39 Å².